The molecule has 3 N–H and O–H groups in total. The van der Waals surface area contributed by atoms with E-state index in [9.17, 15) is 4.79 Å². The molecule has 1 amide bonds. The summed E-state index contributed by atoms with van der Waals surface area (Å²) in [6, 6.07) is 5.57. The third kappa shape index (κ3) is 2.08. The molecule has 4 nitrogen and oxygen atoms in total. The molecule has 1 aromatic carbocycles. The fourth-order valence-electron chi connectivity index (χ4n) is 3.98. The number of carbonyl (C=O) groups excluding carboxylic acids is 1. The van der Waals surface area contributed by atoms with E-state index in [1.54, 1.807) is 0 Å². The lowest BCUT2D eigenvalue weighted by atomic mass is 9.46. The Hall–Kier alpha value is -1.10. The SMILES string of the molecule is Cc1ccc(NC(=O)C2(N)C3CCCOC3C2(C)C)c(Cl)c1. The van der Waals surface area contributed by atoms with Crippen molar-refractivity contribution in [2.45, 2.75) is 45.3 Å². The molecule has 5 heteroatoms. The summed E-state index contributed by atoms with van der Waals surface area (Å²) in [6.45, 7) is 6.73. The number of halogens is 1. The van der Waals surface area contributed by atoms with Crippen LogP contribution in [-0.2, 0) is 9.53 Å². The number of aryl methyl sites for hydroxylation is 1. The first kappa shape index (κ1) is 15.8. The number of rotatable bonds is 2. The van der Waals surface area contributed by atoms with Gasteiger partial charge >= 0.3 is 0 Å². The van der Waals surface area contributed by atoms with Crippen molar-refractivity contribution in [1.29, 1.82) is 0 Å². The molecule has 0 aromatic heterocycles. The Morgan fingerprint density at radius 3 is 2.86 bits per heavy atom. The highest BCUT2D eigenvalue weighted by Gasteiger charge is 2.70. The number of amides is 1. The second-order valence-electron chi connectivity index (χ2n) is 7.07. The first-order valence-electron chi connectivity index (χ1n) is 7.76. The highest BCUT2D eigenvalue weighted by molar-refractivity contribution is 6.33. The number of hydrogen-bond donors (Lipinski definition) is 2. The van der Waals surface area contributed by atoms with Crippen molar-refractivity contribution >= 4 is 23.2 Å². The molecular weight excluding hydrogens is 300 g/mol. The van der Waals surface area contributed by atoms with Crippen LogP contribution in [0.15, 0.2) is 18.2 Å². The molecule has 120 valence electrons. The van der Waals surface area contributed by atoms with Gasteiger partial charge in [0.2, 0.25) is 5.91 Å². The predicted octanol–water partition coefficient (Wildman–Crippen LogP) is 3.12. The Morgan fingerprint density at radius 2 is 2.18 bits per heavy atom. The monoisotopic (exact) mass is 322 g/mol. The van der Waals surface area contributed by atoms with Crippen molar-refractivity contribution < 1.29 is 9.53 Å². The molecule has 22 heavy (non-hydrogen) atoms. The number of nitrogens with one attached hydrogen (secondary N) is 1. The number of benzene rings is 1. The minimum Gasteiger partial charge on any atom is -0.377 e. The second kappa shape index (κ2) is 5.22. The van der Waals surface area contributed by atoms with Gasteiger partial charge in [0.15, 0.2) is 0 Å². The third-order valence-corrected chi connectivity index (χ3v) is 5.75. The van der Waals surface area contributed by atoms with Gasteiger partial charge in [-0.2, -0.15) is 0 Å². The smallest absolute Gasteiger partial charge is 0.245 e. The summed E-state index contributed by atoms with van der Waals surface area (Å²) in [4.78, 5) is 12.9. The van der Waals surface area contributed by atoms with E-state index in [1.165, 1.54) is 0 Å². The lowest BCUT2D eigenvalue weighted by molar-refractivity contribution is -0.222. The van der Waals surface area contributed by atoms with E-state index in [1.807, 2.05) is 39.0 Å². The van der Waals surface area contributed by atoms with E-state index in [4.69, 9.17) is 22.1 Å². The molecule has 3 rings (SSSR count). The molecule has 1 aromatic rings. The minimum atomic E-state index is -0.924. The predicted molar refractivity (Wildman–Crippen MR) is 88.0 cm³/mol. The molecule has 3 atom stereocenters. The zero-order chi connectivity index (χ0) is 16.1. The van der Waals surface area contributed by atoms with Gasteiger partial charge in [0.1, 0.15) is 5.54 Å². The quantitative estimate of drug-likeness (QED) is 0.879. The highest BCUT2D eigenvalue weighted by Crippen LogP contribution is 2.57. The summed E-state index contributed by atoms with van der Waals surface area (Å²) >= 11 is 6.21. The summed E-state index contributed by atoms with van der Waals surface area (Å²) in [6.07, 6.45) is 1.94. The molecule has 1 saturated carbocycles. The van der Waals surface area contributed by atoms with Gasteiger partial charge in [-0.1, -0.05) is 31.5 Å². The summed E-state index contributed by atoms with van der Waals surface area (Å²) < 4.78 is 5.84. The molecule has 2 aliphatic rings. The maximum atomic E-state index is 12.9. The number of fused-ring (bicyclic) bond motifs is 1. The van der Waals surface area contributed by atoms with Gasteiger partial charge in [-0.3, -0.25) is 4.79 Å². The Labute approximate surface area is 136 Å². The topological polar surface area (TPSA) is 64.4 Å². The van der Waals surface area contributed by atoms with Crippen LogP contribution in [0, 0.1) is 18.3 Å². The molecule has 0 bridgehead atoms. The van der Waals surface area contributed by atoms with Crippen LogP contribution in [0.3, 0.4) is 0 Å². The van der Waals surface area contributed by atoms with Gasteiger partial charge in [0, 0.05) is 17.9 Å². The van der Waals surface area contributed by atoms with Crippen molar-refractivity contribution in [1.82, 2.24) is 0 Å². The summed E-state index contributed by atoms with van der Waals surface area (Å²) in [7, 11) is 0. The number of nitrogens with two attached hydrogens (primary N) is 1. The van der Waals surface area contributed by atoms with Crippen LogP contribution < -0.4 is 11.1 Å². The number of carbonyl (C=O) groups is 1. The number of ether oxygens (including phenoxy) is 1. The molecule has 1 aliphatic carbocycles. The zero-order valence-corrected chi connectivity index (χ0v) is 14.0. The first-order chi connectivity index (χ1) is 10.3. The fraction of sp³-hybridized carbons (Fsp3) is 0.588. The number of anilines is 1. The lowest BCUT2D eigenvalue weighted by Gasteiger charge is -2.65. The largest absolute Gasteiger partial charge is 0.377 e. The van der Waals surface area contributed by atoms with Crippen LogP contribution in [0.2, 0.25) is 5.02 Å². The fourth-order valence-corrected chi connectivity index (χ4v) is 4.27. The Morgan fingerprint density at radius 1 is 1.45 bits per heavy atom. The van der Waals surface area contributed by atoms with Gasteiger partial charge in [-0.15, -0.1) is 0 Å². The van der Waals surface area contributed by atoms with Crippen LogP contribution in [0.4, 0.5) is 5.69 Å². The average molecular weight is 323 g/mol. The Kier molecular flexibility index (Phi) is 3.75. The van der Waals surface area contributed by atoms with Crippen LogP contribution in [0.5, 0.6) is 0 Å². The molecule has 1 saturated heterocycles. The summed E-state index contributed by atoms with van der Waals surface area (Å²) in [5.74, 6) is -0.101. The molecular formula is C17H23ClN2O2. The van der Waals surface area contributed by atoms with Crippen molar-refractivity contribution in [2.75, 3.05) is 11.9 Å². The zero-order valence-electron chi connectivity index (χ0n) is 13.3. The molecule has 0 spiro atoms. The lowest BCUT2D eigenvalue weighted by Crippen LogP contribution is -2.81. The molecule has 2 fully saturated rings. The standard InChI is InChI=1S/C17H23ClN2O2/c1-10-6-7-13(12(18)9-10)20-15(21)17(19)11-5-4-8-22-14(11)16(17,2)3/h6-7,9,11,14H,4-5,8,19H2,1-3H3,(H,20,21). The second-order valence-corrected chi connectivity index (χ2v) is 7.48. The molecule has 1 heterocycles. The van der Waals surface area contributed by atoms with Crippen molar-refractivity contribution in [3.05, 3.63) is 28.8 Å². The van der Waals surface area contributed by atoms with Crippen molar-refractivity contribution in [3.63, 3.8) is 0 Å². The summed E-state index contributed by atoms with van der Waals surface area (Å²) in [5, 5.41) is 3.45. The minimum absolute atomic E-state index is 0.0606. The van der Waals surface area contributed by atoms with Crippen LogP contribution in [0.25, 0.3) is 0 Å². The summed E-state index contributed by atoms with van der Waals surface area (Å²) in [5.41, 5.74) is 6.92. The maximum absolute atomic E-state index is 12.9. The molecule has 3 unspecified atom stereocenters. The Balaban J connectivity index is 1.84. The van der Waals surface area contributed by atoms with Crippen LogP contribution in [0.1, 0.15) is 32.3 Å². The van der Waals surface area contributed by atoms with Crippen molar-refractivity contribution in [2.24, 2.45) is 17.1 Å². The van der Waals surface area contributed by atoms with E-state index in [0.717, 1.165) is 25.0 Å². The maximum Gasteiger partial charge on any atom is 0.245 e. The van der Waals surface area contributed by atoms with E-state index in [0.29, 0.717) is 10.7 Å². The van der Waals surface area contributed by atoms with E-state index >= 15 is 0 Å². The third-order valence-electron chi connectivity index (χ3n) is 5.43. The van der Waals surface area contributed by atoms with Crippen LogP contribution >= 0.6 is 11.6 Å². The van der Waals surface area contributed by atoms with E-state index in [-0.39, 0.29) is 23.3 Å². The molecule has 0 radical (unpaired) electrons. The normalized spacial score (nSPS) is 32.8. The average Bonchev–Trinajstić information content (AvgIpc) is 2.49. The van der Waals surface area contributed by atoms with Gasteiger partial charge < -0.3 is 15.8 Å². The first-order valence-corrected chi connectivity index (χ1v) is 8.14. The van der Waals surface area contributed by atoms with Gasteiger partial charge in [-0.25, -0.2) is 0 Å². The van der Waals surface area contributed by atoms with Gasteiger partial charge in [-0.05, 0) is 37.5 Å². The Bertz CT molecular complexity index is 617. The van der Waals surface area contributed by atoms with Gasteiger partial charge in [0.25, 0.3) is 0 Å². The van der Waals surface area contributed by atoms with Crippen LogP contribution in [-0.4, -0.2) is 24.2 Å². The number of hydrogen-bond acceptors (Lipinski definition) is 3. The van der Waals surface area contributed by atoms with Gasteiger partial charge in [0.05, 0.1) is 16.8 Å². The van der Waals surface area contributed by atoms with E-state index < -0.39 is 5.54 Å². The highest BCUT2D eigenvalue weighted by atomic mass is 35.5. The van der Waals surface area contributed by atoms with E-state index in [2.05, 4.69) is 5.32 Å². The molecule has 1 aliphatic heterocycles. The van der Waals surface area contributed by atoms with Crippen molar-refractivity contribution in [3.8, 4) is 0 Å².